The van der Waals surface area contributed by atoms with Crippen LogP contribution < -0.4 is 15.0 Å². The standard InChI is InChI=1S/C19H25N3O2/c1-12(2)13-7-10-17(24-6)15(11-13)16-9-8-14(19(23)20-3)18(21-16)22(4)5/h7-12H,1-6H3,(H,20,23). The van der Waals surface area contributed by atoms with Gasteiger partial charge in [0, 0.05) is 26.7 Å². The smallest absolute Gasteiger partial charge is 0.254 e. The molecule has 0 atom stereocenters. The molecule has 1 heterocycles. The monoisotopic (exact) mass is 327 g/mol. The van der Waals surface area contributed by atoms with Crippen LogP contribution in [-0.4, -0.2) is 39.1 Å². The number of carbonyl (C=O) groups excluding carboxylic acids is 1. The fourth-order valence-electron chi connectivity index (χ4n) is 2.54. The number of anilines is 1. The summed E-state index contributed by atoms with van der Waals surface area (Å²) in [7, 11) is 7.02. The van der Waals surface area contributed by atoms with Gasteiger partial charge >= 0.3 is 0 Å². The van der Waals surface area contributed by atoms with Gasteiger partial charge < -0.3 is 15.0 Å². The minimum atomic E-state index is -0.152. The van der Waals surface area contributed by atoms with Crippen molar-refractivity contribution >= 4 is 11.7 Å². The van der Waals surface area contributed by atoms with Crippen LogP contribution >= 0.6 is 0 Å². The Morgan fingerprint density at radius 2 is 1.92 bits per heavy atom. The van der Waals surface area contributed by atoms with E-state index in [0.29, 0.717) is 17.3 Å². The van der Waals surface area contributed by atoms with E-state index < -0.39 is 0 Å². The summed E-state index contributed by atoms with van der Waals surface area (Å²) in [4.78, 5) is 18.6. The lowest BCUT2D eigenvalue weighted by Crippen LogP contribution is -2.23. The van der Waals surface area contributed by atoms with E-state index >= 15 is 0 Å². The zero-order valence-electron chi connectivity index (χ0n) is 15.2. The largest absolute Gasteiger partial charge is 0.496 e. The number of amides is 1. The van der Waals surface area contributed by atoms with Crippen molar-refractivity contribution in [3.05, 3.63) is 41.5 Å². The van der Waals surface area contributed by atoms with E-state index in [1.807, 2.05) is 31.1 Å². The molecular weight excluding hydrogens is 302 g/mol. The van der Waals surface area contributed by atoms with Gasteiger partial charge in [-0.15, -0.1) is 0 Å². The average Bonchev–Trinajstić information content (AvgIpc) is 2.59. The van der Waals surface area contributed by atoms with Gasteiger partial charge in [0.05, 0.1) is 18.4 Å². The molecule has 0 saturated heterocycles. The highest BCUT2D eigenvalue weighted by molar-refractivity contribution is 5.99. The molecule has 2 rings (SSSR count). The normalized spacial score (nSPS) is 10.6. The summed E-state index contributed by atoms with van der Waals surface area (Å²) in [5.74, 6) is 1.65. The highest BCUT2D eigenvalue weighted by atomic mass is 16.5. The molecular formula is C19H25N3O2. The fourth-order valence-corrected chi connectivity index (χ4v) is 2.54. The number of ether oxygens (including phenoxy) is 1. The van der Waals surface area contributed by atoms with Gasteiger partial charge in [-0.2, -0.15) is 0 Å². The molecule has 0 aliphatic heterocycles. The van der Waals surface area contributed by atoms with Crippen LogP contribution in [0.1, 0.15) is 35.7 Å². The van der Waals surface area contributed by atoms with E-state index in [4.69, 9.17) is 9.72 Å². The summed E-state index contributed by atoms with van der Waals surface area (Å²) < 4.78 is 5.50. The maximum absolute atomic E-state index is 12.1. The lowest BCUT2D eigenvalue weighted by Gasteiger charge is -2.18. The van der Waals surface area contributed by atoms with Crippen LogP contribution in [-0.2, 0) is 0 Å². The third kappa shape index (κ3) is 3.50. The lowest BCUT2D eigenvalue weighted by atomic mass is 9.98. The second-order valence-corrected chi connectivity index (χ2v) is 6.16. The van der Waals surface area contributed by atoms with Gasteiger partial charge in [-0.05, 0) is 35.7 Å². The number of pyridine rings is 1. The Hall–Kier alpha value is -2.56. The molecule has 0 radical (unpaired) electrons. The zero-order chi connectivity index (χ0) is 17.9. The Morgan fingerprint density at radius 1 is 1.21 bits per heavy atom. The van der Waals surface area contributed by atoms with E-state index in [9.17, 15) is 4.79 Å². The number of aromatic nitrogens is 1. The van der Waals surface area contributed by atoms with Crippen molar-refractivity contribution in [2.45, 2.75) is 19.8 Å². The first-order chi connectivity index (χ1) is 11.4. The summed E-state index contributed by atoms with van der Waals surface area (Å²) in [6, 6.07) is 9.80. The molecule has 1 amide bonds. The first-order valence-corrected chi connectivity index (χ1v) is 7.97. The summed E-state index contributed by atoms with van der Waals surface area (Å²) in [5, 5.41) is 2.65. The summed E-state index contributed by atoms with van der Waals surface area (Å²) in [6.07, 6.45) is 0. The minimum absolute atomic E-state index is 0.152. The highest BCUT2D eigenvalue weighted by Crippen LogP contribution is 2.33. The van der Waals surface area contributed by atoms with E-state index in [2.05, 4.69) is 31.3 Å². The number of hydrogen-bond donors (Lipinski definition) is 1. The summed E-state index contributed by atoms with van der Waals surface area (Å²) in [5.41, 5.74) is 3.47. The van der Waals surface area contributed by atoms with Crippen LogP contribution in [0, 0.1) is 0 Å². The van der Waals surface area contributed by atoms with Crippen LogP contribution in [0.2, 0.25) is 0 Å². The minimum Gasteiger partial charge on any atom is -0.496 e. The number of benzene rings is 1. The van der Waals surface area contributed by atoms with Gasteiger partial charge in [0.15, 0.2) is 0 Å². The van der Waals surface area contributed by atoms with Gasteiger partial charge in [0.2, 0.25) is 0 Å². The van der Waals surface area contributed by atoms with Crippen LogP contribution in [0.3, 0.4) is 0 Å². The molecule has 0 spiro atoms. The highest BCUT2D eigenvalue weighted by Gasteiger charge is 2.17. The number of carbonyl (C=O) groups is 1. The number of nitrogens with one attached hydrogen (secondary N) is 1. The molecule has 0 unspecified atom stereocenters. The van der Waals surface area contributed by atoms with Crippen molar-refractivity contribution in [1.29, 1.82) is 0 Å². The molecule has 0 fully saturated rings. The SMILES string of the molecule is CNC(=O)c1ccc(-c2cc(C(C)C)ccc2OC)nc1N(C)C. The van der Waals surface area contributed by atoms with Crippen molar-refractivity contribution in [3.8, 4) is 17.0 Å². The molecule has 5 nitrogen and oxygen atoms in total. The average molecular weight is 327 g/mol. The quantitative estimate of drug-likeness (QED) is 0.915. The lowest BCUT2D eigenvalue weighted by molar-refractivity contribution is 0.0963. The van der Waals surface area contributed by atoms with Crippen LogP contribution in [0.15, 0.2) is 30.3 Å². The Labute approximate surface area is 143 Å². The maximum atomic E-state index is 12.1. The number of methoxy groups -OCH3 is 1. The van der Waals surface area contributed by atoms with E-state index in [0.717, 1.165) is 17.0 Å². The second kappa shape index (κ2) is 7.34. The number of rotatable bonds is 5. The number of hydrogen-bond acceptors (Lipinski definition) is 4. The van der Waals surface area contributed by atoms with Crippen LogP contribution in [0.25, 0.3) is 11.3 Å². The molecule has 1 aromatic heterocycles. The predicted octanol–water partition coefficient (Wildman–Crippen LogP) is 3.31. The summed E-state index contributed by atoms with van der Waals surface area (Å²) >= 11 is 0. The maximum Gasteiger partial charge on any atom is 0.254 e. The van der Waals surface area contributed by atoms with Gasteiger partial charge in [0.1, 0.15) is 11.6 Å². The second-order valence-electron chi connectivity index (χ2n) is 6.16. The predicted molar refractivity (Wildman–Crippen MR) is 98.0 cm³/mol. The number of nitrogens with zero attached hydrogens (tertiary/aromatic N) is 2. The fraction of sp³-hybridized carbons (Fsp3) is 0.368. The van der Waals surface area contributed by atoms with Crippen LogP contribution in [0.4, 0.5) is 5.82 Å². The molecule has 0 saturated carbocycles. The Kier molecular flexibility index (Phi) is 5.44. The van der Waals surface area contributed by atoms with E-state index in [-0.39, 0.29) is 5.91 Å². The van der Waals surface area contributed by atoms with Crippen molar-refractivity contribution < 1.29 is 9.53 Å². The Balaban J connectivity index is 2.62. The van der Waals surface area contributed by atoms with Crippen molar-refractivity contribution in [3.63, 3.8) is 0 Å². The molecule has 2 aromatic rings. The van der Waals surface area contributed by atoms with Crippen molar-refractivity contribution in [1.82, 2.24) is 10.3 Å². The zero-order valence-corrected chi connectivity index (χ0v) is 15.2. The molecule has 128 valence electrons. The van der Waals surface area contributed by atoms with Gasteiger partial charge in [-0.1, -0.05) is 19.9 Å². The molecule has 0 aliphatic rings. The first kappa shape index (κ1) is 17.8. The molecule has 0 bridgehead atoms. The third-order valence-corrected chi connectivity index (χ3v) is 3.94. The molecule has 0 aliphatic carbocycles. The summed E-state index contributed by atoms with van der Waals surface area (Å²) in [6.45, 7) is 4.30. The van der Waals surface area contributed by atoms with Crippen LogP contribution in [0.5, 0.6) is 5.75 Å². The topological polar surface area (TPSA) is 54.5 Å². The van der Waals surface area contributed by atoms with Crippen molar-refractivity contribution in [2.24, 2.45) is 0 Å². The van der Waals surface area contributed by atoms with E-state index in [1.165, 1.54) is 5.56 Å². The molecule has 24 heavy (non-hydrogen) atoms. The first-order valence-electron chi connectivity index (χ1n) is 7.97. The Morgan fingerprint density at radius 3 is 2.46 bits per heavy atom. The third-order valence-electron chi connectivity index (χ3n) is 3.94. The molecule has 5 heteroatoms. The Bertz CT molecular complexity index is 739. The van der Waals surface area contributed by atoms with Gasteiger partial charge in [0.25, 0.3) is 5.91 Å². The van der Waals surface area contributed by atoms with Crippen molar-refractivity contribution in [2.75, 3.05) is 33.2 Å². The van der Waals surface area contributed by atoms with Gasteiger partial charge in [-0.3, -0.25) is 4.79 Å². The molecule has 1 N–H and O–H groups in total. The molecule has 1 aromatic carbocycles. The van der Waals surface area contributed by atoms with Gasteiger partial charge in [-0.25, -0.2) is 4.98 Å². The van der Waals surface area contributed by atoms with E-state index in [1.54, 1.807) is 20.2 Å².